The van der Waals surface area contributed by atoms with Gasteiger partial charge in [-0.05, 0) is 120 Å². The van der Waals surface area contributed by atoms with Crippen LogP contribution in [0.1, 0.15) is 190 Å². The predicted octanol–water partition coefficient (Wildman–Crippen LogP) is 19.8. The second-order valence-corrected chi connectivity index (χ2v) is 39.3. The predicted molar refractivity (Wildman–Crippen MR) is 540 cm³/mol. The molecular formula is C118H143NO27. The maximum absolute atomic E-state index is 15.7. The summed E-state index contributed by atoms with van der Waals surface area (Å²) in [5.41, 5.74) is 5.29. The number of benzene rings is 9. The minimum atomic E-state index is -1.64. The van der Waals surface area contributed by atoms with Crippen LogP contribution in [0, 0.1) is 47.3 Å². The molecule has 12 unspecified atom stereocenters. The van der Waals surface area contributed by atoms with Gasteiger partial charge in [-0.2, -0.15) is 0 Å². The highest BCUT2D eigenvalue weighted by molar-refractivity contribution is 5.91. The molecular weight excluding hydrogens is 1860 g/mol. The maximum Gasteiger partial charge on any atom is 0.407 e. The maximum atomic E-state index is 15.7. The number of ether oxygens (including phenoxy) is 21. The molecule has 28 nitrogen and oxygen atoms in total. The number of carbonyl (C=O) groups is 6. The molecule has 6 fully saturated rings. The van der Waals surface area contributed by atoms with Crippen molar-refractivity contribution in [1.82, 2.24) is 5.32 Å². The van der Waals surface area contributed by atoms with Gasteiger partial charge in [0.15, 0.2) is 62.0 Å². The second kappa shape index (κ2) is 54.8. The lowest BCUT2D eigenvalue weighted by Gasteiger charge is -2.53. The van der Waals surface area contributed by atoms with Crippen LogP contribution in [0.2, 0.25) is 0 Å². The Kier molecular flexibility index (Phi) is 41.0. The Bertz CT molecular complexity index is 5420. The van der Waals surface area contributed by atoms with Crippen LogP contribution in [-0.4, -0.2) is 204 Å². The summed E-state index contributed by atoms with van der Waals surface area (Å²) in [6.45, 7) is 22.3. The molecule has 0 aliphatic carbocycles. The summed E-state index contributed by atoms with van der Waals surface area (Å²) in [6, 6.07) is 82.7. The first-order valence-electron chi connectivity index (χ1n) is 51.9. The van der Waals surface area contributed by atoms with Crippen molar-refractivity contribution in [2.75, 3.05) is 33.0 Å². The first-order chi connectivity index (χ1) is 71.0. The smallest absolute Gasteiger partial charge is 0.407 e. The number of amides is 1. The van der Waals surface area contributed by atoms with Gasteiger partial charge in [0.05, 0.1) is 118 Å². The summed E-state index contributed by atoms with van der Waals surface area (Å²) in [6.07, 6.45) is -22.1. The average molecular weight is 2010 g/mol. The topological polar surface area (TPSA) is 308 Å². The third kappa shape index (κ3) is 29.6. The van der Waals surface area contributed by atoms with Gasteiger partial charge in [0.25, 0.3) is 0 Å². The van der Waals surface area contributed by atoms with Crippen LogP contribution in [0.3, 0.4) is 0 Å². The molecule has 6 heterocycles. The van der Waals surface area contributed by atoms with Crippen molar-refractivity contribution in [1.29, 1.82) is 0 Å². The summed E-state index contributed by atoms with van der Waals surface area (Å²) in [5, 5.41) is 2.89. The lowest BCUT2D eigenvalue weighted by molar-refractivity contribution is -0.390. The van der Waals surface area contributed by atoms with Crippen molar-refractivity contribution in [3.63, 3.8) is 0 Å². The van der Waals surface area contributed by atoms with E-state index in [9.17, 15) is 9.59 Å². The fraction of sp³-hybridized carbons (Fsp3) is 0.492. The van der Waals surface area contributed by atoms with Crippen LogP contribution in [-0.2, 0) is 137 Å². The molecule has 15 rings (SSSR count). The molecule has 782 valence electrons. The summed E-state index contributed by atoms with van der Waals surface area (Å²) in [4.78, 5) is 88.1. The zero-order valence-electron chi connectivity index (χ0n) is 85.3. The van der Waals surface area contributed by atoms with Crippen molar-refractivity contribution >= 4 is 35.9 Å². The quantitative estimate of drug-likeness (QED) is 0.0210. The van der Waals surface area contributed by atoms with E-state index in [1.54, 1.807) is 115 Å². The average Bonchev–Trinajstić information content (AvgIpc) is 0.753. The van der Waals surface area contributed by atoms with Gasteiger partial charge in [0.2, 0.25) is 0 Å². The van der Waals surface area contributed by atoms with Crippen LogP contribution < -0.4 is 5.32 Å². The molecule has 9 aromatic carbocycles. The van der Waals surface area contributed by atoms with Crippen LogP contribution in [0.4, 0.5) is 4.79 Å². The van der Waals surface area contributed by atoms with Crippen LogP contribution in [0.5, 0.6) is 0 Å². The van der Waals surface area contributed by atoms with Crippen molar-refractivity contribution in [3.8, 4) is 0 Å². The number of esters is 5. The third-order valence-corrected chi connectivity index (χ3v) is 29.2. The fourth-order valence-corrected chi connectivity index (χ4v) is 20.2. The lowest BCUT2D eigenvalue weighted by Crippen LogP contribution is -2.66. The van der Waals surface area contributed by atoms with Gasteiger partial charge in [-0.1, -0.05) is 313 Å². The Morgan fingerprint density at radius 3 is 0.836 bits per heavy atom. The zero-order chi connectivity index (χ0) is 102. The van der Waals surface area contributed by atoms with E-state index >= 15 is 19.2 Å². The standard InChI is InChI=1S/C118H143NO27/c1-12-92-74(3)76(5)103(131-82(11)120)113(133-92)143-100-79(8)97(72-128-67-85-49-29-18-30-50-85)136-116(107(100)140-111(123)90-59-39-23-40-60-90)145-102-81(10)98(73-129-68-86-51-31-19-32-52-86)137-117(108(102)141-112(124)91-61-41-24-42-62-91)146-104-77(6)75(4)93(13-2)134-114(104)144-101-80(9)96(71-127-66-84-47-27-17-28-48-84)135-115(106(101)139-110(122)89-57-37-22-38-58-89)142-99-78(7)95(70-126-65-83-45-25-16-26-46-83)132-94(105(99)138-109(121)88-55-35-21-36-56-88)63-43-14-15-44-64-119-118(125)130-69-87-53-33-20-34-54-87/h16-42,45-62,74-81,92-108,113-117H,12-15,43-44,63-73H2,1-11H3,(H,119,125)/t74-,75-,76-,77-,78+,79+,80+,81+,92?,93?,94+,95?,96?,97?,98?,99-,100-,101-,102-,103?,104?,105?,106?,107?,108?,113+,114+,115+,116+,117+/m0/s1. The molecule has 1 N–H and O–H groups in total. The second-order valence-electron chi connectivity index (χ2n) is 39.3. The fourth-order valence-electron chi connectivity index (χ4n) is 20.2. The van der Waals surface area contributed by atoms with Gasteiger partial charge >= 0.3 is 35.9 Å². The molecule has 6 saturated heterocycles. The lowest BCUT2D eigenvalue weighted by atomic mass is 9.82. The van der Waals surface area contributed by atoms with E-state index in [1.807, 2.05) is 213 Å². The first kappa shape index (κ1) is 109. The molecule has 0 aromatic heterocycles. The molecule has 1 amide bonds. The number of nitrogens with one attached hydrogen (secondary N) is 1. The van der Waals surface area contributed by atoms with Crippen LogP contribution in [0.15, 0.2) is 273 Å². The number of unbranched alkanes of at least 4 members (excludes halogenated alkanes) is 3. The number of rotatable bonds is 46. The van der Waals surface area contributed by atoms with Crippen LogP contribution >= 0.6 is 0 Å². The number of carbonyl (C=O) groups excluding carboxylic acids is 6. The molecule has 146 heavy (non-hydrogen) atoms. The number of hydrogen-bond donors (Lipinski definition) is 1. The van der Waals surface area contributed by atoms with Crippen molar-refractivity contribution in [2.24, 2.45) is 47.3 Å². The number of alkyl carbamates (subject to hydrolysis) is 1. The van der Waals surface area contributed by atoms with Gasteiger partial charge in [0, 0.05) is 43.1 Å². The minimum Gasteiger partial charge on any atom is -0.457 e. The molecule has 6 aliphatic heterocycles. The first-order valence-corrected chi connectivity index (χ1v) is 51.9. The molecule has 0 saturated carbocycles. The zero-order valence-corrected chi connectivity index (χ0v) is 85.3. The van der Waals surface area contributed by atoms with E-state index in [0.29, 0.717) is 51.5 Å². The number of hydrogen-bond acceptors (Lipinski definition) is 27. The van der Waals surface area contributed by atoms with E-state index in [-0.39, 0.29) is 106 Å². The monoisotopic (exact) mass is 2010 g/mol. The Balaban J connectivity index is 0.822. The van der Waals surface area contributed by atoms with E-state index in [2.05, 4.69) is 19.2 Å². The largest absolute Gasteiger partial charge is 0.457 e. The summed E-state index contributed by atoms with van der Waals surface area (Å²) < 4.78 is 149. The Hall–Kier alpha value is -11.0. The molecule has 0 radical (unpaired) electrons. The third-order valence-electron chi connectivity index (χ3n) is 29.2. The Morgan fingerprint density at radius 2 is 0.514 bits per heavy atom. The Labute approximate surface area is 857 Å². The molecule has 9 aromatic rings. The van der Waals surface area contributed by atoms with Gasteiger partial charge in [0.1, 0.15) is 37.1 Å². The molecule has 30 atom stereocenters. The molecule has 0 spiro atoms. The van der Waals surface area contributed by atoms with Crippen molar-refractivity contribution in [3.05, 3.63) is 323 Å². The van der Waals surface area contributed by atoms with E-state index < -0.39 is 195 Å². The van der Waals surface area contributed by atoms with Gasteiger partial charge < -0.3 is 105 Å². The summed E-state index contributed by atoms with van der Waals surface area (Å²) in [5.74, 6) is -7.69. The summed E-state index contributed by atoms with van der Waals surface area (Å²) in [7, 11) is 0. The van der Waals surface area contributed by atoms with Gasteiger partial charge in [-0.15, -0.1) is 0 Å². The molecule has 28 heteroatoms. The van der Waals surface area contributed by atoms with E-state index in [1.165, 1.54) is 6.92 Å². The van der Waals surface area contributed by atoms with E-state index in [0.717, 1.165) is 27.8 Å². The van der Waals surface area contributed by atoms with Gasteiger partial charge in [-0.3, -0.25) is 4.79 Å². The van der Waals surface area contributed by atoms with Crippen LogP contribution in [0.25, 0.3) is 0 Å². The molecule has 0 bridgehead atoms. The highest BCUT2D eigenvalue weighted by Gasteiger charge is 2.60. The van der Waals surface area contributed by atoms with Gasteiger partial charge in [-0.25, -0.2) is 24.0 Å². The van der Waals surface area contributed by atoms with E-state index in [4.69, 9.17) is 99.5 Å². The van der Waals surface area contributed by atoms with Crippen molar-refractivity contribution < 1.29 is 128 Å². The Morgan fingerprint density at radius 1 is 0.253 bits per heavy atom. The van der Waals surface area contributed by atoms with Crippen molar-refractivity contribution in [2.45, 2.75) is 289 Å². The SMILES string of the molecule is CCC1O[C@H](O[C@@H]2C(OC(=O)c3ccccc3)[C@@H](O[C@@H]3C(OC(=O)c4ccccc4)[C@@H](OC4[C@@H](O[C@@H]5C(OC(=O)c6ccccc6)[C@@H](O[C@@H]6C(OC(=O)c7ccccc7)[C@@H](CCCCCCNC(=O)OCc7ccccc7)OC(COCc7ccccc7)[C@H]6C)OC(COCc6ccccc6)[C@H]5C)OC(CC)[C@@H](C)[C@@H]4C)OC(COCc4ccccc4)[C@H]3C)OC(COCc3ccccc3)[C@H]2C)C(OC(C)=O)[C@@H](C)[C@@H]1C. The summed E-state index contributed by atoms with van der Waals surface area (Å²) >= 11 is 0. The highest BCUT2D eigenvalue weighted by atomic mass is 16.8. The highest BCUT2D eigenvalue weighted by Crippen LogP contribution is 2.47. The molecule has 6 aliphatic rings. The normalized spacial score (nSPS) is 30.3. The minimum absolute atomic E-state index is 0.0496.